The molecule has 1 aromatic carbocycles. The molecule has 0 aliphatic rings. The number of aromatic nitrogens is 2. The van der Waals surface area contributed by atoms with Gasteiger partial charge in [0, 0.05) is 16.0 Å². The second-order valence-electron chi connectivity index (χ2n) is 5.60. The molecular weight excluding hydrogens is 446 g/mol. The van der Waals surface area contributed by atoms with E-state index >= 15 is 0 Å². The van der Waals surface area contributed by atoms with Gasteiger partial charge in [0.2, 0.25) is 0 Å². The number of carbonyl (C=O) groups excluding carboxylic acids is 1. The third-order valence-corrected chi connectivity index (χ3v) is 4.95. The molecule has 3 N–H and O–H groups in total. The number of nitrogens with zero attached hydrogens (tertiary/aromatic N) is 2. The summed E-state index contributed by atoms with van der Waals surface area (Å²) in [5.41, 5.74) is 3.65. The molecule has 1 atom stereocenters. The Morgan fingerprint density at radius 1 is 1.22 bits per heavy atom. The maximum absolute atomic E-state index is 12.2. The smallest absolute Gasteiger partial charge is 0.276 e. The molecule has 0 aliphatic carbocycles. The van der Waals surface area contributed by atoms with Gasteiger partial charge in [0.1, 0.15) is 5.69 Å². The molecule has 2 heterocycles. The molecule has 9 heteroatoms. The molecule has 138 valence electrons. The summed E-state index contributed by atoms with van der Waals surface area (Å²) in [5.74, 6) is 0.0640. The Bertz CT molecular complexity index is 948. The fraction of sp³-hybridized carbons (Fsp3) is 0.111. The molecule has 0 spiro atoms. The van der Waals surface area contributed by atoms with E-state index in [4.69, 9.17) is 12.2 Å². The van der Waals surface area contributed by atoms with Gasteiger partial charge in [-0.25, -0.2) is 9.97 Å². The van der Waals surface area contributed by atoms with E-state index in [9.17, 15) is 4.79 Å². The average Bonchev–Trinajstić information content (AvgIpc) is 3.18. The van der Waals surface area contributed by atoms with Crippen LogP contribution in [0.5, 0.6) is 0 Å². The monoisotopic (exact) mass is 461 g/mol. The molecule has 3 rings (SSSR count). The van der Waals surface area contributed by atoms with Gasteiger partial charge in [-0.1, -0.05) is 28.1 Å². The summed E-state index contributed by atoms with van der Waals surface area (Å²) in [6.45, 7) is 2.02. The highest BCUT2D eigenvalue weighted by Gasteiger charge is 2.13. The zero-order valence-electron chi connectivity index (χ0n) is 14.3. The van der Waals surface area contributed by atoms with Crippen molar-refractivity contribution < 1.29 is 4.79 Å². The van der Waals surface area contributed by atoms with Crippen molar-refractivity contribution in [2.24, 2.45) is 0 Å². The molecule has 2 aromatic heterocycles. The molecule has 1 amide bonds. The standard InChI is InChI=1S/C18H16BrN5OS2/c1-11(12-4-2-5-13(19)8-12)22-18(26)23-14-6-3-7-20-16(14)24-17(25)15-9-27-10-21-15/h2-11H,1H3,(H,20,24,25)(H2,22,23,26). The van der Waals surface area contributed by atoms with E-state index < -0.39 is 0 Å². The summed E-state index contributed by atoms with van der Waals surface area (Å²) >= 11 is 10.2. The van der Waals surface area contributed by atoms with E-state index in [-0.39, 0.29) is 11.9 Å². The minimum absolute atomic E-state index is 0.00668. The molecule has 0 saturated heterocycles. The number of anilines is 2. The zero-order valence-corrected chi connectivity index (χ0v) is 17.5. The van der Waals surface area contributed by atoms with Crippen LogP contribution in [-0.2, 0) is 0 Å². The Balaban J connectivity index is 1.66. The van der Waals surface area contributed by atoms with Crippen LogP contribution in [0.1, 0.15) is 29.0 Å². The second kappa shape index (κ2) is 9.03. The van der Waals surface area contributed by atoms with E-state index in [0.717, 1.165) is 10.0 Å². The van der Waals surface area contributed by atoms with Crippen LogP contribution in [0.15, 0.2) is 58.0 Å². The topological polar surface area (TPSA) is 78.9 Å². The molecule has 0 bridgehead atoms. The first-order chi connectivity index (χ1) is 13.0. The van der Waals surface area contributed by atoms with Crippen molar-refractivity contribution in [3.63, 3.8) is 0 Å². The van der Waals surface area contributed by atoms with E-state index in [1.165, 1.54) is 11.3 Å². The van der Waals surface area contributed by atoms with Gasteiger partial charge in [0.15, 0.2) is 10.9 Å². The van der Waals surface area contributed by atoms with Gasteiger partial charge in [0.25, 0.3) is 5.91 Å². The SMILES string of the molecule is CC(NC(=S)Nc1cccnc1NC(=O)c1cscn1)c1cccc(Br)c1. The first-order valence-corrected chi connectivity index (χ1v) is 10.1. The molecule has 0 aliphatic heterocycles. The Morgan fingerprint density at radius 3 is 2.81 bits per heavy atom. The van der Waals surface area contributed by atoms with Crippen LogP contribution >= 0.6 is 39.5 Å². The lowest BCUT2D eigenvalue weighted by Crippen LogP contribution is -2.31. The molecule has 6 nitrogen and oxygen atoms in total. The first-order valence-electron chi connectivity index (χ1n) is 8.00. The molecular formula is C18H16BrN5OS2. The lowest BCUT2D eigenvalue weighted by Gasteiger charge is -2.18. The summed E-state index contributed by atoms with van der Waals surface area (Å²) in [5, 5.41) is 11.2. The predicted molar refractivity (Wildman–Crippen MR) is 116 cm³/mol. The largest absolute Gasteiger partial charge is 0.356 e. The highest BCUT2D eigenvalue weighted by molar-refractivity contribution is 9.10. The number of rotatable bonds is 5. The summed E-state index contributed by atoms with van der Waals surface area (Å²) < 4.78 is 1.01. The Hall–Kier alpha value is -2.36. The van der Waals surface area contributed by atoms with Crippen LogP contribution in [0.2, 0.25) is 0 Å². The number of hydrogen-bond donors (Lipinski definition) is 3. The maximum Gasteiger partial charge on any atom is 0.276 e. The molecule has 0 saturated carbocycles. The minimum Gasteiger partial charge on any atom is -0.356 e. The van der Waals surface area contributed by atoms with E-state index in [2.05, 4.69) is 41.8 Å². The van der Waals surface area contributed by atoms with Gasteiger partial charge >= 0.3 is 0 Å². The van der Waals surface area contributed by atoms with Gasteiger partial charge in [-0.05, 0) is 49.0 Å². The van der Waals surface area contributed by atoms with Crippen molar-refractivity contribution in [2.75, 3.05) is 10.6 Å². The lowest BCUT2D eigenvalue weighted by molar-refractivity contribution is 0.102. The van der Waals surface area contributed by atoms with Gasteiger partial charge in [-0.2, -0.15) is 0 Å². The minimum atomic E-state index is -0.320. The Kier molecular flexibility index (Phi) is 6.49. The normalized spacial score (nSPS) is 11.5. The van der Waals surface area contributed by atoms with Gasteiger partial charge < -0.3 is 16.0 Å². The molecule has 1 unspecified atom stereocenters. The third-order valence-electron chi connectivity index (χ3n) is 3.65. The molecule has 27 heavy (non-hydrogen) atoms. The summed E-state index contributed by atoms with van der Waals surface area (Å²) in [4.78, 5) is 20.4. The first kappa shape index (κ1) is 19.4. The quantitative estimate of drug-likeness (QED) is 0.481. The molecule has 0 fully saturated rings. The van der Waals surface area contributed by atoms with Crippen molar-refractivity contribution in [3.8, 4) is 0 Å². The van der Waals surface area contributed by atoms with Crippen LogP contribution in [0.3, 0.4) is 0 Å². The Morgan fingerprint density at radius 2 is 2.07 bits per heavy atom. The number of benzene rings is 1. The number of pyridine rings is 1. The fourth-order valence-electron chi connectivity index (χ4n) is 2.32. The second-order valence-corrected chi connectivity index (χ2v) is 7.65. The fourth-order valence-corrected chi connectivity index (χ4v) is 3.55. The van der Waals surface area contributed by atoms with Crippen LogP contribution in [0.4, 0.5) is 11.5 Å². The Labute approximate surface area is 174 Å². The number of amides is 1. The summed E-state index contributed by atoms with van der Waals surface area (Å²) in [7, 11) is 0. The van der Waals surface area contributed by atoms with Crippen molar-refractivity contribution in [1.82, 2.24) is 15.3 Å². The van der Waals surface area contributed by atoms with E-state index in [1.807, 2.05) is 31.2 Å². The van der Waals surface area contributed by atoms with Crippen molar-refractivity contribution in [3.05, 3.63) is 69.2 Å². The number of thiocarbonyl (C=S) groups is 1. The molecule has 3 aromatic rings. The summed E-state index contributed by atoms with van der Waals surface area (Å²) in [6.07, 6.45) is 1.60. The molecule has 0 radical (unpaired) electrons. The number of thiazole rings is 1. The van der Waals surface area contributed by atoms with Crippen LogP contribution in [0.25, 0.3) is 0 Å². The van der Waals surface area contributed by atoms with E-state index in [0.29, 0.717) is 22.3 Å². The van der Waals surface area contributed by atoms with E-state index in [1.54, 1.807) is 29.2 Å². The number of carbonyl (C=O) groups is 1. The third kappa shape index (κ3) is 5.31. The lowest BCUT2D eigenvalue weighted by atomic mass is 10.1. The number of nitrogens with one attached hydrogen (secondary N) is 3. The summed E-state index contributed by atoms with van der Waals surface area (Å²) in [6, 6.07) is 11.6. The average molecular weight is 462 g/mol. The van der Waals surface area contributed by atoms with Crippen LogP contribution in [-0.4, -0.2) is 21.0 Å². The van der Waals surface area contributed by atoms with Crippen LogP contribution < -0.4 is 16.0 Å². The van der Waals surface area contributed by atoms with Gasteiger partial charge in [0.05, 0.1) is 17.2 Å². The number of hydrogen-bond acceptors (Lipinski definition) is 5. The van der Waals surface area contributed by atoms with Gasteiger partial charge in [-0.3, -0.25) is 4.79 Å². The predicted octanol–water partition coefficient (Wildman–Crippen LogP) is 4.60. The van der Waals surface area contributed by atoms with Crippen LogP contribution in [0, 0.1) is 0 Å². The van der Waals surface area contributed by atoms with Crippen molar-refractivity contribution in [2.45, 2.75) is 13.0 Å². The highest BCUT2D eigenvalue weighted by Crippen LogP contribution is 2.21. The number of halogens is 1. The van der Waals surface area contributed by atoms with Gasteiger partial charge in [-0.15, -0.1) is 11.3 Å². The maximum atomic E-state index is 12.2. The highest BCUT2D eigenvalue weighted by atomic mass is 79.9. The van der Waals surface area contributed by atoms with Crippen molar-refractivity contribution >= 4 is 62.0 Å². The zero-order chi connectivity index (χ0) is 19.2. The van der Waals surface area contributed by atoms with Crippen molar-refractivity contribution in [1.29, 1.82) is 0 Å².